The van der Waals surface area contributed by atoms with Gasteiger partial charge in [0, 0.05) is 32.4 Å². The standard InChI is InChI=1S/C64H40N6/c1-63(2)51-19-11-7-15-43(51)47-31-49-45-17-9-13-21-57(45)69(59(49)33-53(47)63)61-41(35-65)27-39(29-55(61)67-5)37-23-25-38(26-24-37)40-28-42(36-66)62(56(30-40)68-6)70-58-22-14-10-18-46(58)50-32-48-44-16-8-12-20-52(44)64(3,4)54(48)34-60(50)70/h7-34H,1-4H3. The molecular weight excluding hydrogens is 853 g/mol. The highest BCUT2D eigenvalue weighted by Crippen LogP contribution is 2.53. The molecule has 0 spiro atoms. The molecule has 2 heterocycles. The van der Waals surface area contributed by atoms with E-state index in [4.69, 9.17) is 13.1 Å². The zero-order valence-corrected chi connectivity index (χ0v) is 38.8. The van der Waals surface area contributed by atoms with Crippen molar-refractivity contribution in [3.05, 3.63) is 226 Å². The number of rotatable bonds is 4. The molecule has 2 aromatic heterocycles. The Hall–Kier alpha value is -9.46. The molecule has 0 radical (unpaired) electrons. The number of fused-ring (bicyclic) bond motifs is 12. The summed E-state index contributed by atoms with van der Waals surface area (Å²) in [5.41, 5.74) is 19.1. The fourth-order valence-corrected chi connectivity index (χ4v) is 12.0. The Morgan fingerprint density at radius 1 is 0.386 bits per heavy atom. The fourth-order valence-electron chi connectivity index (χ4n) is 12.0. The number of hydrogen-bond acceptors (Lipinski definition) is 2. The smallest absolute Gasteiger partial charge is 0.212 e. The molecule has 0 bridgehead atoms. The van der Waals surface area contributed by atoms with Crippen LogP contribution in [-0.4, -0.2) is 9.13 Å². The molecule has 2 aliphatic rings. The maximum atomic E-state index is 10.9. The average Bonchev–Trinajstić information content (AvgIpc) is 4.04. The third-order valence-electron chi connectivity index (χ3n) is 15.4. The molecular formula is C64H40N6. The summed E-state index contributed by atoms with van der Waals surface area (Å²) in [6.45, 7) is 26.1. The first-order valence-corrected chi connectivity index (χ1v) is 23.4. The summed E-state index contributed by atoms with van der Waals surface area (Å²) < 4.78 is 4.22. The molecule has 0 N–H and O–H groups in total. The highest BCUT2D eigenvalue weighted by molar-refractivity contribution is 6.14. The second kappa shape index (κ2) is 14.5. The van der Waals surface area contributed by atoms with Gasteiger partial charge in [0.15, 0.2) is 0 Å². The van der Waals surface area contributed by atoms with Crippen molar-refractivity contribution in [1.29, 1.82) is 10.5 Å². The van der Waals surface area contributed by atoms with Crippen molar-refractivity contribution in [2.24, 2.45) is 0 Å². The lowest BCUT2D eigenvalue weighted by molar-refractivity contribution is 0.661. The Morgan fingerprint density at radius 2 is 0.771 bits per heavy atom. The zero-order valence-electron chi connectivity index (χ0n) is 38.8. The van der Waals surface area contributed by atoms with Crippen LogP contribution >= 0.6 is 0 Å². The molecule has 13 rings (SSSR count). The van der Waals surface area contributed by atoms with E-state index < -0.39 is 0 Å². The van der Waals surface area contributed by atoms with Crippen molar-refractivity contribution in [2.75, 3.05) is 0 Å². The van der Waals surface area contributed by atoms with Crippen LogP contribution in [0.4, 0.5) is 11.4 Å². The Balaban J connectivity index is 0.913. The van der Waals surface area contributed by atoms with Crippen LogP contribution in [0.15, 0.2) is 170 Å². The van der Waals surface area contributed by atoms with Gasteiger partial charge in [-0.1, -0.05) is 137 Å². The van der Waals surface area contributed by atoms with Gasteiger partial charge < -0.3 is 9.13 Å². The average molecular weight is 893 g/mol. The van der Waals surface area contributed by atoms with Crippen LogP contribution in [0, 0.1) is 35.8 Å². The van der Waals surface area contributed by atoms with Crippen LogP contribution in [-0.2, 0) is 10.8 Å². The molecule has 6 heteroatoms. The van der Waals surface area contributed by atoms with E-state index in [2.05, 4.69) is 156 Å². The Bertz CT molecular complexity index is 3990. The minimum absolute atomic E-state index is 0.230. The second-order valence-corrected chi connectivity index (χ2v) is 19.7. The van der Waals surface area contributed by atoms with E-state index in [1.54, 1.807) is 0 Å². The number of para-hydroxylation sites is 2. The van der Waals surface area contributed by atoms with E-state index in [1.165, 1.54) is 44.5 Å². The van der Waals surface area contributed by atoms with E-state index in [9.17, 15) is 10.5 Å². The lowest BCUT2D eigenvalue weighted by atomic mass is 9.82. The van der Waals surface area contributed by atoms with Crippen molar-refractivity contribution in [2.45, 2.75) is 38.5 Å². The van der Waals surface area contributed by atoms with Gasteiger partial charge in [-0.15, -0.1) is 0 Å². The summed E-state index contributed by atoms with van der Waals surface area (Å²) in [7, 11) is 0. The summed E-state index contributed by atoms with van der Waals surface area (Å²) in [5.74, 6) is 0. The molecule has 0 saturated heterocycles. The highest BCUT2D eigenvalue weighted by atomic mass is 15.0. The van der Waals surface area contributed by atoms with Crippen LogP contribution < -0.4 is 0 Å². The quantitative estimate of drug-likeness (QED) is 0.165. The Labute approximate surface area is 405 Å². The molecule has 0 saturated carbocycles. The summed E-state index contributed by atoms with van der Waals surface area (Å²) >= 11 is 0. The Kier molecular flexibility index (Phi) is 8.46. The molecule has 2 aliphatic carbocycles. The van der Waals surface area contributed by atoms with E-state index in [0.717, 1.165) is 65.9 Å². The number of aromatic nitrogens is 2. The van der Waals surface area contributed by atoms with E-state index in [-0.39, 0.29) is 10.8 Å². The van der Waals surface area contributed by atoms with Gasteiger partial charge in [-0.3, -0.25) is 0 Å². The van der Waals surface area contributed by atoms with Crippen molar-refractivity contribution < 1.29 is 0 Å². The van der Waals surface area contributed by atoms with Crippen molar-refractivity contribution in [3.63, 3.8) is 0 Å². The monoisotopic (exact) mass is 892 g/mol. The SMILES string of the molecule is [C-]#[N+]c1cc(-c2ccc(-c3cc(C#N)c(-n4c5ccccc5c5cc6c(cc54)C(C)(C)c4ccccc4-6)c([N+]#[C-])c3)cc2)cc(C#N)c1-n1c2ccccc2c2cc3c(cc21)C(C)(C)c1ccccc1-3. The van der Waals surface area contributed by atoms with Gasteiger partial charge in [-0.05, 0) is 127 Å². The topological polar surface area (TPSA) is 66.2 Å². The molecule has 326 valence electrons. The van der Waals surface area contributed by atoms with Crippen molar-refractivity contribution in [3.8, 4) is 68.0 Å². The first-order chi connectivity index (χ1) is 34.0. The highest BCUT2D eigenvalue weighted by Gasteiger charge is 2.38. The van der Waals surface area contributed by atoms with Crippen LogP contribution in [0.1, 0.15) is 61.1 Å². The van der Waals surface area contributed by atoms with Gasteiger partial charge >= 0.3 is 0 Å². The third kappa shape index (κ3) is 5.45. The Morgan fingerprint density at radius 3 is 1.17 bits per heavy atom. The number of benzene rings is 9. The van der Waals surface area contributed by atoms with Gasteiger partial charge in [0.2, 0.25) is 11.4 Å². The molecule has 11 aromatic rings. The van der Waals surface area contributed by atoms with Gasteiger partial charge in [0.1, 0.15) is 0 Å². The van der Waals surface area contributed by atoms with Crippen LogP contribution in [0.25, 0.3) is 109 Å². The first kappa shape index (κ1) is 40.8. The maximum absolute atomic E-state index is 10.9. The molecule has 0 amide bonds. The predicted molar refractivity (Wildman–Crippen MR) is 283 cm³/mol. The third-order valence-corrected chi connectivity index (χ3v) is 15.4. The van der Waals surface area contributed by atoms with E-state index in [0.29, 0.717) is 33.9 Å². The summed E-state index contributed by atoms with van der Waals surface area (Å²) in [5, 5.41) is 26.0. The normalized spacial score (nSPS) is 13.6. The second-order valence-electron chi connectivity index (χ2n) is 19.7. The maximum Gasteiger partial charge on any atom is 0.212 e. The van der Waals surface area contributed by atoms with Gasteiger partial charge in [0.25, 0.3) is 0 Å². The molecule has 0 unspecified atom stereocenters. The largest absolute Gasteiger partial charge is 0.318 e. The lowest BCUT2D eigenvalue weighted by Crippen LogP contribution is -2.15. The van der Waals surface area contributed by atoms with E-state index >= 15 is 0 Å². The summed E-state index contributed by atoms with van der Waals surface area (Å²) in [4.78, 5) is 8.18. The molecule has 70 heavy (non-hydrogen) atoms. The van der Waals surface area contributed by atoms with E-state index in [1.807, 2.05) is 72.8 Å². The van der Waals surface area contributed by atoms with Gasteiger partial charge in [0.05, 0.1) is 69.9 Å². The van der Waals surface area contributed by atoms with Gasteiger partial charge in [-0.2, -0.15) is 10.5 Å². The fraction of sp³-hybridized carbons (Fsp3) is 0.0938. The van der Waals surface area contributed by atoms with Crippen LogP contribution in [0.2, 0.25) is 0 Å². The number of nitrogens with zero attached hydrogens (tertiary/aromatic N) is 6. The number of hydrogen-bond donors (Lipinski definition) is 0. The molecule has 0 fully saturated rings. The van der Waals surface area contributed by atoms with Crippen molar-refractivity contribution in [1.82, 2.24) is 9.13 Å². The minimum atomic E-state index is -0.230. The minimum Gasteiger partial charge on any atom is -0.318 e. The molecule has 6 nitrogen and oxygen atoms in total. The molecule has 0 aliphatic heterocycles. The zero-order chi connectivity index (χ0) is 47.8. The van der Waals surface area contributed by atoms with Crippen molar-refractivity contribution >= 4 is 55.0 Å². The van der Waals surface area contributed by atoms with Crippen LogP contribution in [0.5, 0.6) is 0 Å². The molecule has 0 atom stereocenters. The predicted octanol–water partition coefficient (Wildman–Crippen LogP) is 16.7. The summed E-state index contributed by atoms with van der Waals surface area (Å²) in [6.07, 6.45) is 0. The number of nitriles is 2. The summed E-state index contributed by atoms with van der Waals surface area (Å²) in [6, 6.07) is 63.2. The first-order valence-electron chi connectivity index (χ1n) is 23.4. The van der Waals surface area contributed by atoms with Gasteiger partial charge in [-0.25, -0.2) is 9.69 Å². The molecule has 9 aromatic carbocycles. The van der Waals surface area contributed by atoms with Crippen LogP contribution in [0.3, 0.4) is 0 Å². The lowest BCUT2D eigenvalue weighted by Gasteiger charge is -2.22.